The maximum atomic E-state index is 11.7. The summed E-state index contributed by atoms with van der Waals surface area (Å²) in [4.78, 5) is 13.7. The molecule has 0 aromatic heterocycles. The molecule has 0 aliphatic heterocycles. The van der Waals surface area contributed by atoms with E-state index >= 15 is 0 Å². The van der Waals surface area contributed by atoms with E-state index < -0.39 is 0 Å². The number of likely N-dealkylation sites (N-methyl/N-ethyl adjacent to an activating group) is 1. The Morgan fingerprint density at radius 2 is 1.75 bits per heavy atom. The van der Waals surface area contributed by atoms with Crippen molar-refractivity contribution < 1.29 is 19.0 Å². The lowest BCUT2D eigenvalue weighted by molar-refractivity contribution is -0.150. The zero-order valence-corrected chi connectivity index (χ0v) is 17.3. The second-order valence-corrected chi connectivity index (χ2v) is 6.99. The van der Waals surface area contributed by atoms with E-state index in [0.717, 1.165) is 29.9 Å². The summed E-state index contributed by atoms with van der Waals surface area (Å²) in [5.74, 6) is 1.50. The van der Waals surface area contributed by atoms with Crippen LogP contribution in [-0.2, 0) is 22.4 Å². The first-order valence-electron chi connectivity index (χ1n) is 9.69. The van der Waals surface area contributed by atoms with Gasteiger partial charge >= 0.3 is 5.97 Å². The fourth-order valence-electron chi connectivity index (χ4n) is 2.91. The molecule has 2 rings (SSSR count). The molecular weight excluding hydrogens is 354 g/mol. The second-order valence-electron chi connectivity index (χ2n) is 6.99. The third kappa shape index (κ3) is 7.24. The molecule has 0 heterocycles. The van der Waals surface area contributed by atoms with E-state index in [4.69, 9.17) is 14.2 Å². The number of nitrogens with zero attached hydrogens (tertiary/aromatic N) is 1. The zero-order chi connectivity index (χ0) is 20.4. The van der Waals surface area contributed by atoms with Crippen molar-refractivity contribution in [2.75, 3.05) is 34.4 Å². The Bertz CT molecular complexity index is 728. The van der Waals surface area contributed by atoms with Crippen molar-refractivity contribution >= 4 is 5.97 Å². The number of hydrogen-bond acceptors (Lipinski definition) is 5. The SMILES string of the molecule is CCC(=O)O[C@@H](COc1ccccc1CCc1ccc(OC)cc1)CN(C)C. The van der Waals surface area contributed by atoms with Gasteiger partial charge in [-0.05, 0) is 56.3 Å². The lowest BCUT2D eigenvalue weighted by atomic mass is 10.0. The van der Waals surface area contributed by atoms with Gasteiger partial charge in [0.2, 0.25) is 0 Å². The van der Waals surface area contributed by atoms with Gasteiger partial charge in [0, 0.05) is 13.0 Å². The standard InChI is InChI=1S/C23H31NO4/c1-5-23(25)28-21(16-24(2)3)17-27-22-9-7-6-8-19(22)13-10-18-11-14-20(26-4)15-12-18/h6-9,11-12,14-15,21H,5,10,13,16-17H2,1-4H3/t21-/m1/s1. The highest BCUT2D eigenvalue weighted by Gasteiger charge is 2.16. The van der Waals surface area contributed by atoms with E-state index in [1.54, 1.807) is 14.0 Å². The Kier molecular flexibility index (Phi) is 8.82. The van der Waals surface area contributed by atoms with Crippen LogP contribution in [-0.4, -0.2) is 51.3 Å². The van der Waals surface area contributed by atoms with Crippen molar-refractivity contribution in [1.29, 1.82) is 0 Å². The first-order chi connectivity index (χ1) is 13.5. The molecule has 0 amide bonds. The molecule has 0 radical (unpaired) electrons. The highest BCUT2D eigenvalue weighted by molar-refractivity contribution is 5.69. The molecule has 0 saturated carbocycles. The van der Waals surface area contributed by atoms with Crippen molar-refractivity contribution in [2.24, 2.45) is 0 Å². The molecule has 28 heavy (non-hydrogen) atoms. The Morgan fingerprint density at radius 3 is 2.39 bits per heavy atom. The van der Waals surface area contributed by atoms with Crippen LogP contribution >= 0.6 is 0 Å². The molecule has 2 aromatic carbocycles. The van der Waals surface area contributed by atoms with Gasteiger partial charge in [-0.3, -0.25) is 4.79 Å². The van der Waals surface area contributed by atoms with Gasteiger partial charge in [-0.25, -0.2) is 0 Å². The molecule has 0 spiro atoms. The van der Waals surface area contributed by atoms with Gasteiger partial charge in [-0.1, -0.05) is 37.3 Å². The maximum Gasteiger partial charge on any atom is 0.305 e. The Morgan fingerprint density at radius 1 is 1.04 bits per heavy atom. The summed E-state index contributed by atoms with van der Waals surface area (Å²) in [6, 6.07) is 16.2. The van der Waals surface area contributed by atoms with Gasteiger partial charge in [-0.2, -0.15) is 0 Å². The Labute approximate surface area is 168 Å². The van der Waals surface area contributed by atoms with Crippen LogP contribution in [0.1, 0.15) is 24.5 Å². The molecule has 152 valence electrons. The predicted molar refractivity (Wildman–Crippen MR) is 111 cm³/mol. The summed E-state index contributed by atoms with van der Waals surface area (Å²) in [7, 11) is 5.58. The van der Waals surface area contributed by atoms with E-state index in [-0.39, 0.29) is 12.1 Å². The van der Waals surface area contributed by atoms with Crippen LogP contribution in [0.2, 0.25) is 0 Å². The molecule has 0 fully saturated rings. The van der Waals surface area contributed by atoms with Crippen LogP contribution in [0.25, 0.3) is 0 Å². The van der Waals surface area contributed by atoms with Crippen molar-refractivity contribution in [3.8, 4) is 11.5 Å². The quantitative estimate of drug-likeness (QED) is 0.552. The Balaban J connectivity index is 1.98. The lowest BCUT2D eigenvalue weighted by Crippen LogP contribution is -2.35. The number of aryl methyl sites for hydroxylation is 2. The zero-order valence-electron chi connectivity index (χ0n) is 17.3. The molecular formula is C23H31NO4. The lowest BCUT2D eigenvalue weighted by Gasteiger charge is -2.22. The molecule has 0 unspecified atom stereocenters. The highest BCUT2D eigenvalue weighted by Crippen LogP contribution is 2.21. The largest absolute Gasteiger partial charge is 0.497 e. The van der Waals surface area contributed by atoms with Crippen molar-refractivity contribution in [3.63, 3.8) is 0 Å². The van der Waals surface area contributed by atoms with Gasteiger partial charge in [0.25, 0.3) is 0 Å². The van der Waals surface area contributed by atoms with Crippen molar-refractivity contribution in [3.05, 3.63) is 59.7 Å². The summed E-state index contributed by atoms with van der Waals surface area (Å²) in [5, 5.41) is 0. The van der Waals surface area contributed by atoms with Crippen LogP contribution in [0, 0.1) is 0 Å². The van der Waals surface area contributed by atoms with Crippen molar-refractivity contribution in [2.45, 2.75) is 32.3 Å². The number of methoxy groups -OCH3 is 1. The monoisotopic (exact) mass is 385 g/mol. The minimum Gasteiger partial charge on any atom is -0.497 e. The van der Waals surface area contributed by atoms with Gasteiger partial charge in [0.1, 0.15) is 24.2 Å². The van der Waals surface area contributed by atoms with Crippen molar-refractivity contribution in [1.82, 2.24) is 4.90 Å². The fourth-order valence-corrected chi connectivity index (χ4v) is 2.91. The number of hydrogen-bond donors (Lipinski definition) is 0. The molecule has 0 N–H and O–H groups in total. The van der Waals surface area contributed by atoms with E-state index in [1.165, 1.54) is 5.56 Å². The van der Waals surface area contributed by atoms with Crippen LogP contribution in [0.4, 0.5) is 0 Å². The molecule has 0 saturated heterocycles. The topological polar surface area (TPSA) is 48.0 Å². The van der Waals surface area contributed by atoms with E-state index in [9.17, 15) is 4.79 Å². The molecule has 0 aliphatic carbocycles. The first kappa shape index (κ1) is 21.8. The number of esters is 1. The minimum atomic E-state index is -0.294. The van der Waals surface area contributed by atoms with Crippen LogP contribution < -0.4 is 9.47 Å². The third-order valence-corrected chi connectivity index (χ3v) is 4.39. The molecule has 5 heteroatoms. The van der Waals surface area contributed by atoms with Gasteiger partial charge < -0.3 is 19.1 Å². The minimum absolute atomic E-state index is 0.205. The van der Waals surface area contributed by atoms with E-state index in [2.05, 4.69) is 18.2 Å². The summed E-state index contributed by atoms with van der Waals surface area (Å²) < 4.78 is 16.8. The van der Waals surface area contributed by atoms with Gasteiger partial charge in [-0.15, -0.1) is 0 Å². The summed E-state index contributed by atoms with van der Waals surface area (Å²) in [6.07, 6.45) is 1.85. The molecule has 2 aromatic rings. The summed E-state index contributed by atoms with van der Waals surface area (Å²) >= 11 is 0. The molecule has 0 aliphatic rings. The molecule has 0 bridgehead atoms. The second kappa shape index (κ2) is 11.3. The molecule has 5 nitrogen and oxygen atoms in total. The number of para-hydroxylation sites is 1. The third-order valence-electron chi connectivity index (χ3n) is 4.39. The number of rotatable bonds is 11. The van der Waals surface area contributed by atoms with E-state index in [1.807, 2.05) is 49.3 Å². The molecule has 1 atom stereocenters. The number of carbonyl (C=O) groups is 1. The predicted octanol–water partition coefficient (Wildman–Crippen LogP) is 3.74. The normalized spacial score (nSPS) is 11.9. The van der Waals surface area contributed by atoms with Crippen LogP contribution in [0.5, 0.6) is 11.5 Å². The first-order valence-corrected chi connectivity index (χ1v) is 9.69. The average Bonchev–Trinajstić information content (AvgIpc) is 2.71. The van der Waals surface area contributed by atoms with Crippen LogP contribution in [0.3, 0.4) is 0 Å². The number of ether oxygens (including phenoxy) is 3. The number of benzene rings is 2. The smallest absolute Gasteiger partial charge is 0.305 e. The van der Waals surface area contributed by atoms with Gasteiger partial charge in [0.05, 0.1) is 7.11 Å². The Hall–Kier alpha value is -2.53. The van der Waals surface area contributed by atoms with Gasteiger partial charge in [0.15, 0.2) is 0 Å². The summed E-state index contributed by atoms with van der Waals surface area (Å²) in [6.45, 7) is 2.76. The summed E-state index contributed by atoms with van der Waals surface area (Å²) in [5.41, 5.74) is 2.39. The number of carbonyl (C=O) groups excluding carboxylic acids is 1. The van der Waals surface area contributed by atoms with E-state index in [0.29, 0.717) is 19.6 Å². The average molecular weight is 386 g/mol. The fraction of sp³-hybridized carbons (Fsp3) is 0.435. The highest BCUT2D eigenvalue weighted by atomic mass is 16.6. The maximum absolute atomic E-state index is 11.7. The van der Waals surface area contributed by atoms with Crippen LogP contribution in [0.15, 0.2) is 48.5 Å².